The summed E-state index contributed by atoms with van der Waals surface area (Å²) >= 11 is 4.29. The number of hydrogen-bond acceptors (Lipinski definition) is 11. The lowest BCUT2D eigenvalue weighted by Gasteiger charge is -2.29. The van der Waals surface area contributed by atoms with Gasteiger partial charge in [-0.2, -0.15) is 12.6 Å². The fourth-order valence-corrected chi connectivity index (χ4v) is 8.16. The van der Waals surface area contributed by atoms with Gasteiger partial charge in [-0.3, -0.25) is 38.4 Å². The van der Waals surface area contributed by atoms with Crippen LogP contribution in [0.15, 0.2) is 30.5 Å². The summed E-state index contributed by atoms with van der Waals surface area (Å²) in [4.78, 5) is 125. The molecule has 0 unspecified atom stereocenters. The van der Waals surface area contributed by atoms with E-state index in [1.807, 2.05) is 58.9 Å². The Bertz CT molecular complexity index is 2170. The molecule has 0 saturated heterocycles. The van der Waals surface area contributed by atoms with Crippen molar-refractivity contribution in [2.24, 2.45) is 41.2 Å². The molecule has 1 aromatic carbocycles. The number of H-pyrrole nitrogens is 1. The van der Waals surface area contributed by atoms with Crippen LogP contribution in [-0.2, 0) is 49.6 Å². The Balaban J connectivity index is 2.31. The number of carbonyl (C=O) groups is 9. The molecule has 8 amide bonds. The maximum Gasteiger partial charge on any atom is 0.326 e. The minimum absolute atomic E-state index is 0.0321. The van der Waals surface area contributed by atoms with Gasteiger partial charge in [-0.05, 0) is 66.9 Å². The highest BCUT2D eigenvalue weighted by atomic mass is 32.1. The Labute approximate surface area is 430 Å². The molecule has 2 rings (SSSR count). The predicted molar refractivity (Wildman–Crippen MR) is 280 cm³/mol. The summed E-state index contributed by atoms with van der Waals surface area (Å²) in [5.74, 6) is -8.55. The van der Waals surface area contributed by atoms with E-state index in [0.717, 1.165) is 10.9 Å². The Morgan fingerprint density at radius 1 is 0.542 bits per heavy atom. The number of para-hydroxylation sites is 1. The van der Waals surface area contributed by atoms with Gasteiger partial charge in [0.05, 0.1) is 6.04 Å². The second-order valence-electron chi connectivity index (χ2n) is 20.6. The number of fused-ring (bicyclic) bond motifs is 1. The van der Waals surface area contributed by atoms with E-state index in [2.05, 4.69) is 60.1 Å². The van der Waals surface area contributed by atoms with E-state index in [9.17, 15) is 48.3 Å². The minimum Gasteiger partial charge on any atom is -0.480 e. The normalized spacial score (nSPS) is 16.2. The molecule has 11 atom stereocenters. The van der Waals surface area contributed by atoms with Gasteiger partial charge in [-0.15, -0.1) is 0 Å². The van der Waals surface area contributed by atoms with E-state index in [4.69, 9.17) is 5.73 Å². The number of rotatable bonds is 30. The van der Waals surface area contributed by atoms with Crippen molar-refractivity contribution in [3.05, 3.63) is 36.0 Å². The van der Waals surface area contributed by atoms with E-state index >= 15 is 0 Å². The third kappa shape index (κ3) is 19.0. The third-order valence-electron chi connectivity index (χ3n) is 12.8. The van der Waals surface area contributed by atoms with Crippen LogP contribution in [0.2, 0.25) is 0 Å². The fourth-order valence-electron chi connectivity index (χ4n) is 7.91. The summed E-state index contributed by atoms with van der Waals surface area (Å²) < 4.78 is 0. The summed E-state index contributed by atoms with van der Waals surface area (Å²) in [5, 5.41) is 32.2. The molecule has 20 nitrogen and oxygen atoms in total. The van der Waals surface area contributed by atoms with Crippen molar-refractivity contribution < 1.29 is 48.3 Å². The van der Waals surface area contributed by atoms with Crippen molar-refractivity contribution in [1.29, 1.82) is 0 Å². The second kappa shape index (κ2) is 29.7. The molecular formula is C51H84N10O10S. The molecule has 0 aliphatic rings. The van der Waals surface area contributed by atoms with Gasteiger partial charge in [0.2, 0.25) is 47.3 Å². The van der Waals surface area contributed by atoms with E-state index in [-0.39, 0.29) is 36.3 Å². The first-order valence-electron chi connectivity index (χ1n) is 25.2. The molecule has 2 aromatic rings. The van der Waals surface area contributed by atoms with Crippen LogP contribution < -0.4 is 48.3 Å². The minimum atomic E-state index is -1.28. The maximum atomic E-state index is 14.3. The molecule has 1 aromatic heterocycles. The molecule has 0 bridgehead atoms. The second-order valence-corrected chi connectivity index (χ2v) is 20.9. The summed E-state index contributed by atoms with van der Waals surface area (Å²) in [6, 6.07) is -2.98. The van der Waals surface area contributed by atoms with Crippen molar-refractivity contribution >= 4 is 76.8 Å². The number of carboxylic acids is 1. The Kier molecular flexibility index (Phi) is 25.8. The standard InChI is InChI=1S/C51H84N10O10S/c1-14-29(11)41(60-44(63)34(52)20-25(3)4)50(69)57-38(24-72)47(66)59-39(27(7)8)48(67)54-31(13)43(62)58-40(28(9)10)49(68)56-37(22-32-23-53-35-19-17-16-18-33(32)35)45(64)55-36(21-26(5)6)46(65)61-42(51(70)71)30(12)15-2/h16-19,23,25-31,34,36-42,53,72H,14-15,20-22,24,52H2,1-13H3,(H,54,67)(H,55,64)(H,56,68)(H,57,69)(H,58,62)(H,59,66)(H,60,63)(H,61,65)(H,70,71)/t29-,30-,31-,34-,36-,37-,38-,39-,40-,41-,42-/m0/s1. The van der Waals surface area contributed by atoms with Crippen molar-refractivity contribution in [2.75, 3.05) is 5.75 Å². The lowest BCUT2D eigenvalue weighted by atomic mass is 9.96. The number of carbonyl (C=O) groups excluding carboxylic acids is 8. The largest absolute Gasteiger partial charge is 0.480 e. The van der Waals surface area contributed by atoms with Crippen molar-refractivity contribution in [1.82, 2.24) is 47.5 Å². The molecular weight excluding hydrogens is 945 g/mol. The Hall–Kier alpha value is -5.70. The van der Waals surface area contributed by atoms with Gasteiger partial charge in [0.1, 0.15) is 48.3 Å². The number of hydrogen-bond donors (Lipinski definition) is 12. The van der Waals surface area contributed by atoms with Gasteiger partial charge in [0.25, 0.3) is 0 Å². The first-order valence-corrected chi connectivity index (χ1v) is 25.9. The van der Waals surface area contributed by atoms with Gasteiger partial charge >= 0.3 is 5.97 Å². The zero-order valence-electron chi connectivity index (χ0n) is 44.4. The van der Waals surface area contributed by atoms with E-state index in [1.54, 1.807) is 54.7 Å². The molecule has 0 spiro atoms. The van der Waals surface area contributed by atoms with Crippen LogP contribution in [0.3, 0.4) is 0 Å². The van der Waals surface area contributed by atoms with Crippen molar-refractivity contribution in [2.45, 2.75) is 176 Å². The topological polar surface area (TPSA) is 312 Å². The highest BCUT2D eigenvalue weighted by Gasteiger charge is 2.37. The average molecular weight is 1030 g/mol. The van der Waals surface area contributed by atoms with Crippen LogP contribution in [-0.4, -0.2) is 123 Å². The Morgan fingerprint density at radius 2 is 0.986 bits per heavy atom. The predicted octanol–water partition coefficient (Wildman–Crippen LogP) is 2.45. The molecule has 0 fully saturated rings. The van der Waals surface area contributed by atoms with Crippen LogP contribution in [0.1, 0.15) is 121 Å². The summed E-state index contributed by atoms with van der Waals surface area (Å²) in [6.07, 6.45) is 3.26. The number of nitrogens with one attached hydrogen (secondary N) is 9. The number of amides is 8. The van der Waals surface area contributed by atoms with Crippen LogP contribution >= 0.6 is 12.6 Å². The lowest BCUT2D eigenvalue weighted by molar-refractivity contribution is -0.144. The van der Waals surface area contributed by atoms with Gasteiger partial charge in [-0.25, -0.2) is 4.79 Å². The SMILES string of the molecule is CC[C@H](C)[C@H](NC(=O)[C@H](CC(C)C)NC(=O)[C@H](Cc1c[nH]c2ccccc12)NC(=O)[C@@H](NC(=O)[C@H](C)NC(=O)[C@@H](NC(=O)[C@H](CS)NC(=O)[C@@H](NC(=O)[C@@H](N)CC(C)C)[C@@H](C)CC)C(C)C)C(C)C)C(=O)O. The summed E-state index contributed by atoms with van der Waals surface area (Å²) in [7, 11) is 0. The quantitative estimate of drug-likeness (QED) is 0.0505. The molecule has 12 N–H and O–H groups in total. The van der Waals surface area contributed by atoms with Crippen LogP contribution in [0.4, 0.5) is 0 Å². The molecule has 21 heteroatoms. The number of nitrogens with two attached hydrogens (primary N) is 1. The number of benzene rings is 1. The van der Waals surface area contributed by atoms with Crippen LogP contribution in [0.5, 0.6) is 0 Å². The first kappa shape index (κ1) is 62.4. The number of aromatic nitrogens is 1. The average Bonchev–Trinajstić information content (AvgIpc) is 3.72. The molecule has 0 aliphatic heterocycles. The van der Waals surface area contributed by atoms with E-state index in [0.29, 0.717) is 24.8 Å². The van der Waals surface area contributed by atoms with Gasteiger partial charge in [-0.1, -0.05) is 114 Å². The summed E-state index contributed by atoms with van der Waals surface area (Å²) in [5.41, 5.74) is 7.54. The molecule has 0 aliphatic carbocycles. The fraction of sp³-hybridized carbons (Fsp3) is 0.667. The first-order chi connectivity index (χ1) is 33.7. The number of thiol groups is 1. The number of carboxylic acid groups (broad SMARTS) is 1. The maximum absolute atomic E-state index is 14.3. The summed E-state index contributed by atoms with van der Waals surface area (Å²) in [6.45, 7) is 22.8. The zero-order chi connectivity index (χ0) is 54.7. The van der Waals surface area contributed by atoms with Crippen LogP contribution in [0, 0.1) is 35.5 Å². The monoisotopic (exact) mass is 1030 g/mol. The smallest absolute Gasteiger partial charge is 0.326 e. The number of aromatic amines is 1. The highest BCUT2D eigenvalue weighted by molar-refractivity contribution is 7.80. The van der Waals surface area contributed by atoms with Gasteiger partial charge in [0, 0.05) is 29.3 Å². The van der Waals surface area contributed by atoms with Crippen molar-refractivity contribution in [3.63, 3.8) is 0 Å². The van der Waals surface area contributed by atoms with E-state index in [1.165, 1.54) is 6.92 Å². The molecule has 404 valence electrons. The zero-order valence-corrected chi connectivity index (χ0v) is 45.3. The van der Waals surface area contributed by atoms with E-state index < -0.39 is 125 Å². The Morgan fingerprint density at radius 3 is 1.51 bits per heavy atom. The molecule has 0 radical (unpaired) electrons. The number of aliphatic carboxylic acids is 1. The van der Waals surface area contributed by atoms with Gasteiger partial charge < -0.3 is 58.4 Å². The third-order valence-corrected chi connectivity index (χ3v) is 13.1. The highest BCUT2D eigenvalue weighted by Crippen LogP contribution is 2.20. The van der Waals surface area contributed by atoms with Crippen LogP contribution in [0.25, 0.3) is 10.9 Å². The van der Waals surface area contributed by atoms with Crippen molar-refractivity contribution in [3.8, 4) is 0 Å². The molecule has 0 saturated carbocycles. The van der Waals surface area contributed by atoms with Gasteiger partial charge in [0.15, 0.2) is 0 Å². The molecule has 72 heavy (non-hydrogen) atoms. The molecule has 1 heterocycles. The lowest BCUT2D eigenvalue weighted by Crippen LogP contribution is -2.62.